The van der Waals surface area contributed by atoms with E-state index in [0.29, 0.717) is 23.1 Å². The molecule has 0 fully saturated rings. The molecule has 0 aromatic heterocycles. The summed E-state index contributed by atoms with van der Waals surface area (Å²) < 4.78 is 5.46. The molecule has 0 amide bonds. The molecule has 1 rings (SSSR count). The zero-order valence-electron chi connectivity index (χ0n) is 12.0. The number of nitrogens with one attached hydrogen (secondary N) is 1. The second-order valence-corrected chi connectivity index (χ2v) is 5.92. The van der Waals surface area contributed by atoms with Gasteiger partial charge in [-0.25, -0.2) is 0 Å². The van der Waals surface area contributed by atoms with Crippen molar-refractivity contribution in [3.8, 4) is 11.8 Å². The molecule has 0 aliphatic rings. The van der Waals surface area contributed by atoms with Gasteiger partial charge in [0.15, 0.2) is 0 Å². The standard InChI is InChI=1S/C15H22N2O2S/c1-12(20-2)6-7-17-10-14(18)11-19-15-5-3-4-13(8-15)9-16/h3-5,8,12,14,17-18H,6-7,10-11H2,1-2H3. The van der Waals surface area contributed by atoms with E-state index in [1.807, 2.05) is 11.8 Å². The maximum Gasteiger partial charge on any atom is 0.120 e. The Kier molecular flexibility index (Phi) is 8.12. The molecule has 2 N–H and O–H groups in total. The monoisotopic (exact) mass is 294 g/mol. The first-order chi connectivity index (χ1) is 9.65. The summed E-state index contributed by atoms with van der Waals surface area (Å²) in [5.74, 6) is 0.610. The van der Waals surface area contributed by atoms with Gasteiger partial charge in [-0.2, -0.15) is 17.0 Å². The van der Waals surface area contributed by atoms with Gasteiger partial charge in [0, 0.05) is 11.8 Å². The predicted octanol–water partition coefficient (Wildman–Crippen LogP) is 2.03. The van der Waals surface area contributed by atoms with Crippen molar-refractivity contribution in [2.45, 2.75) is 24.7 Å². The fraction of sp³-hybridized carbons (Fsp3) is 0.533. The molecule has 0 aliphatic carbocycles. The molecule has 0 aliphatic heterocycles. The van der Waals surface area contributed by atoms with E-state index in [-0.39, 0.29) is 6.61 Å². The molecule has 0 saturated heterocycles. The van der Waals surface area contributed by atoms with Gasteiger partial charge in [0.25, 0.3) is 0 Å². The minimum Gasteiger partial charge on any atom is -0.491 e. The van der Waals surface area contributed by atoms with Crippen molar-refractivity contribution in [2.24, 2.45) is 0 Å². The molecule has 0 bridgehead atoms. The molecule has 1 aromatic rings. The average molecular weight is 294 g/mol. The van der Waals surface area contributed by atoms with Crippen LogP contribution in [0, 0.1) is 11.3 Å². The number of hydrogen-bond acceptors (Lipinski definition) is 5. The van der Waals surface area contributed by atoms with E-state index >= 15 is 0 Å². The zero-order chi connectivity index (χ0) is 14.8. The Bertz CT molecular complexity index is 434. The maximum absolute atomic E-state index is 9.80. The zero-order valence-corrected chi connectivity index (χ0v) is 12.8. The molecule has 0 radical (unpaired) electrons. The van der Waals surface area contributed by atoms with Crippen LogP contribution in [0.15, 0.2) is 24.3 Å². The average Bonchev–Trinajstić information content (AvgIpc) is 2.49. The van der Waals surface area contributed by atoms with Crippen molar-refractivity contribution in [3.05, 3.63) is 29.8 Å². The Morgan fingerprint density at radius 1 is 1.50 bits per heavy atom. The van der Waals surface area contributed by atoms with Gasteiger partial charge >= 0.3 is 0 Å². The van der Waals surface area contributed by atoms with Crippen molar-refractivity contribution >= 4 is 11.8 Å². The number of hydrogen-bond donors (Lipinski definition) is 2. The van der Waals surface area contributed by atoms with E-state index in [4.69, 9.17) is 10.00 Å². The van der Waals surface area contributed by atoms with E-state index in [1.54, 1.807) is 24.3 Å². The van der Waals surface area contributed by atoms with Gasteiger partial charge in [-0.3, -0.25) is 0 Å². The van der Waals surface area contributed by atoms with Crippen LogP contribution in [0.25, 0.3) is 0 Å². The SMILES string of the molecule is CSC(C)CCNCC(O)COc1cccc(C#N)c1. The van der Waals surface area contributed by atoms with Gasteiger partial charge in [-0.1, -0.05) is 13.0 Å². The molecule has 110 valence electrons. The van der Waals surface area contributed by atoms with Crippen LogP contribution in [0.2, 0.25) is 0 Å². The normalized spacial score (nSPS) is 13.5. The summed E-state index contributed by atoms with van der Waals surface area (Å²) in [6, 6.07) is 8.99. The fourth-order valence-corrected chi connectivity index (χ4v) is 1.95. The largest absolute Gasteiger partial charge is 0.491 e. The van der Waals surface area contributed by atoms with Crippen molar-refractivity contribution < 1.29 is 9.84 Å². The van der Waals surface area contributed by atoms with Crippen LogP contribution in [-0.2, 0) is 0 Å². The van der Waals surface area contributed by atoms with E-state index in [0.717, 1.165) is 13.0 Å². The Balaban J connectivity index is 2.19. The lowest BCUT2D eigenvalue weighted by molar-refractivity contribution is 0.106. The fourth-order valence-electron chi connectivity index (χ4n) is 1.60. The number of nitriles is 1. The molecule has 2 unspecified atom stereocenters. The predicted molar refractivity (Wildman–Crippen MR) is 83.1 cm³/mol. The lowest BCUT2D eigenvalue weighted by Gasteiger charge is -2.14. The molecule has 0 spiro atoms. The molecule has 5 heteroatoms. The Hall–Kier alpha value is -1.22. The van der Waals surface area contributed by atoms with Gasteiger partial charge in [-0.05, 0) is 37.4 Å². The highest BCUT2D eigenvalue weighted by molar-refractivity contribution is 7.99. The number of thioether (sulfide) groups is 1. The molecule has 2 atom stereocenters. The highest BCUT2D eigenvalue weighted by Crippen LogP contribution is 2.12. The van der Waals surface area contributed by atoms with Gasteiger partial charge in [-0.15, -0.1) is 0 Å². The minimum absolute atomic E-state index is 0.222. The third kappa shape index (κ3) is 6.80. The molecular formula is C15H22N2O2S. The second-order valence-electron chi connectivity index (χ2n) is 4.64. The summed E-state index contributed by atoms with van der Waals surface area (Å²) in [4.78, 5) is 0. The molecule has 20 heavy (non-hydrogen) atoms. The van der Waals surface area contributed by atoms with E-state index in [1.165, 1.54) is 0 Å². The van der Waals surface area contributed by atoms with Crippen LogP contribution >= 0.6 is 11.8 Å². The van der Waals surface area contributed by atoms with E-state index in [2.05, 4.69) is 24.6 Å². The van der Waals surface area contributed by atoms with Crippen LogP contribution in [0.4, 0.5) is 0 Å². The van der Waals surface area contributed by atoms with Crippen molar-refractivity contribution in [1.82, 2.24) is 5.32 Å². The topological polar surface area (TPSA) is 65.3 Å². The second kappa shape index (κ2) is 9.65. The minimum atomic E-state index is -0.551. The summed E-state index contributed by atoms with van der Waals surface area (Å²) in [6.45, 7) is 3.82. The molecule has 1 aromatic carbocycles. The number of aliphatic hydroxyl groups excluding tert-OH is 1. The van der Waals surface area contributed by atoms with E-state index < -0.39 is 6.10 Å². The number of ether oxygens (including phenoxy) is 1. The van der Waals surface area contributed by atoms with Crippen LogP contribution < -0.4 is 10.1 Å². The number of nitrogens with zero attached hydrogens (tertiary/aromatic N) is 1. The van der Waals surface area contributed by atoms with Crippen LogP contribution in [-0.4, -0.2) is 42.4 Å². The third-order valence-corrected chi connectivity index (χ3v) is 3.96. The van der Waals surface area contributed by atoms with Crippen LogP contribution in [0.5, 0.6) is 5.75 Å². The smallest absolute Gasteiger partial charge is 0.120 e. The lowest BCUT2D eigenvalue weighted by atomic mass is 10.2. The highest BCUT2D eigenvalue weighted by atomic mass is 32.2. The Labute approximate surface area is 125 Å². The first kappa shape index (κ1) is 16.8. The van der Waals surface area contributed by atoms with Crippen LogP contribution in [0.3, 0.4) is 0 Å². The van der Waals surface area contributed by atoms with Crippen molar-refractivity contribution in [2.75, 3.05) is 26.0 Å². The van der Waals surface area contributed by atoms with Gasteiger partial charge in [0.05, 0.1) is 11.6 Å². The van der Waals surface area contributed by atoms with E-state index in [9.17, 15) is 5.11 Å². The number of benzene rings is 1. The lowest BCUT2D eigenvalue weighted by Crippen LogP contribution is -2.32. The third-order valence-electron chi connectivity index (χ3n) is 2.92. The Morgan fingerprint density at radius 3 is 3.00 bits per heavy atom. The molecule has 4 nitrogen and oxygen atoms in total. The summed E-state index contributed by atoms with van der Waals surface area (Å²) in [5, 5.41) is 22.4. The van der Waals surface area contributed by atoms with Gasteiger partial charge in [0.1, 0.15) is 18.5 Å². The first-order valence-electron chi connectivity index (χ1n) is 6.70. The quantitative estimate of drug-likeness (QED) is 0.682. The number of rotatable bonds is 9. The van der Waals surface area contributed by atoms with Crippen LogP contribution in [0.1, 0.15) is 18.9 Å². The van der Waals surface area contributed by atoms with Crippen molar-refractivity contribution in [1.29, 1.82) is 5.26 Å². The highest BCUT2D eigenvalue weighted by Gasteiger charge is 2.06. The van der Waals surface area contributed by atoms with Gasteiger partial charge in [0.2, 0.25) is 0 Å². The Morgan fingerprint density at radius 2 is 2.30 bits per heavy atom. The number of aliphatic hydroxyl groups is 1. The molecular weight excluding hydrogens is 272 g/mol. The maximum atomic E-state index is 9.80. The summed E-state index contributed by atoms with van der Waals surface area (Å²) >= 11 is 1.84. The first-order valence-corrected chi connectivity index (χ1v) is 7.99. The van der Waals surface area contributed by atoms with Crippen molar-refractivity contribution in [3.63, 3.8) is 0 Å². The summed E-state index contributed by atoms with van der Waals surface area (Å²) in [5.41, 5.74) is 0.557. The molecule has 0 heterocycles. The van der Waals surface area contributed by atoms with Gasteiger partial charge < -0.3 is 15.2 Å². The summed E-state index contributed by atoms with van der Waals surface area (Å²) in [6.07, 6.45) is 2.63. The summed E-state index contributed by atoms with van der Waals surface area (Å²) in [7, 11) is 0. The molecule has 0 saturated carbocycles.